The first-order valence-corrected chi connectivity index (χ1v) is 10.1. The molecule has 0 N–H and O–H groups in total. The molecule has 29 heavy (non-hydrogen) atoms. The van der Waals surface area contributed by atoms with Gasteiger partial charge in [-0.05, 0) is 55.1 Å². The molecule has 1 saturated heterocycles. The molecule has 2 aromatic rings. The molecule has 2 amide bonds. The summed E-state index contributed by atoms with van der Waals surface area (Å²) in [5.41, 5.74) is 2.14. The second-order valence-electron chi connectivity index (χ2n) is 7.51. The fourth-order valence-electron chi connectivity index (χ4n) is 4.01. The third-order valence-electron chi connectivity index (χ3n) is 5.71. The van der Waals surface area contributed by atoms with Gasteiger partial charge in [0.25, 0.3) is 5.91 Å². The van der Waals surface area contributed by atoms with Crippen LogP contribution in [0, 0.1) is 0 Å². The normalized spacial score (nSPS) is 19.4. The van der Waals surface area contributed by atoms with Crippen molar-refractivity contribution in [1.29, 1.82) is 0 Å². The molecular formula is C22H24ClN3O3. The van der Waals surface area contributed by atoms with Crippen LogP contribution >= 0.6 is 11.6 Å². The van der Waals surface area contributed by atoms with Gasteiger partial charge >= 0.3 is 0 Å². The van der Waals surface area contributed by atoms with Gasteiger partial charge < -0.3 is 19.4 Å². The molecule has 4 rings (SSSR count). The largest absolute Gasteiger partial charge is 0.497 e. The van der Waals surface area contributed by atoms with E-state index in [2.05, 4.69) is 11.9 Å². The maximum Gasteiger partial charge on any atom is 0.259 e. The predicted octanol–water partition coefficient (Wildman–Crippen LogP) is 3.21. The molecule has 1 atom stereocenters. The molecule has 7 heteroatoms. The lowest BCUT2D eigenvalue weighted by Crippen LogP contribution is -2.47. The first-order valence-electron chi connectivity index (χ1n) is 9.71. The van der Waals surface area contributed by atoms with Crippen molar-refractivity contribution >= 4 is 29.1 Å². The second kappa shape index (κ2) is 8.05. The van der Waals surface area contributed by atoms with Crippen molar-refractivity contribution in [3.63, 3.8) is 0 Å². The van der Waals surface area contributed by atoms with E-state index in [-0.39, 0.29) is 24.3 Å². The molecule has 0 saturated carbocycles. The molecule has 2 heterocycles. The quantitative estimate of drug-likeness (QED) is 0.772. The van der Waals surface area contributed by atoms with Crippen molar-refractivity contribution in [2.45, 2.75) is 12.5 Å². The fourth-order valence-corrected chi connectivity index (χ4v) is 4.19. The lowest BCUT2D eigenvalue weighted by Gasteiger charge is -2.34. The number of piperazine rings is 1. The summed E-state index contributed by atoms with van der Waals surface area (Å²) in [6.07, 6.45) is 0.231. The van der Waals surface area contributed by atoms with E-state index >= 15 is 0 Å². The van der Waals surface area contributed by atoms with E-state index in [0.29, 0.717) is 29.4 Å². The molecule has 0 aliphatic carbocycles. The number of nitrogens with zero attached hydrogens (tertiary/aromatic N) is 3. The van der Waals surface area contributed by atoms with Crippen molar-refractivity contribution in [3.05, 3.63) is 58.6 Å². The van der Waals surface area contributed by atoms with Gasteiger partial charge in [-0.3, -0.25) is 9.59 Å². The Morgan fingerprint density at radius 1 is 1.10 bits per heavy atom. The Hall–Kier alpha value is -2.57. The summed E-state index contributed by atoms with van der Waals surface area (Å²) >= 11 is 6.22. The average Bonchev–Trinajstić information content (AvgIpc) is 2.99. The Balaban J connectivity index is 1.65. The number of likely N-dealkylation sites (N-methyl/N-ethyl adjacent to an activating group) is 1. The minimum Gasteiger partial charge on any atom is -0.497 e. The Bertz CT molecular complexity index is 923. The summed E-state index contributed by atoms with van der Waals surface area (Å²) in [6, 6.07) is 12.2. The first-order chi connectivity index (χ1) is 14.0. The Kier molecular flexibility index (Phi) is 5.48. The summed E-state index contributed by atoms with van der Waals surface area (Å²) in [5, 5.41) is 0.560. The molecule has 0 aromatic heterocycles. The van der Waals surface area contributed by atoms with Crippen molar-refractivity contribution in [2.75, 3.05) is 45.2 Å². The van der Waals surface area contributed by atoms with Crippen molar-refractivity contribution in [3.8, 4) is 5.75 Å². The van der Waals surface area contributed by atoms with Crippen LogP contribution in [-0.4, -0.2) is 62.0 Å². The summed E-state index contributed by atoms with van der Waals surface area (Å²) in [5.74, 6) is 0.659. The van der Waals surface area contributed by atoms with Crippen LogP contribution in [-0.2, 0) is 4.79 Å². The number of hydrogen-bond acceptors (Lipinski definition) is 4. The number of halogens is 1. The van der Waals surface area contributed by atoms with E-state index in [1.165, 1.54) is 0 Å². The van der Waals surface area contributed by atoms with Gasteiger partial charge in [0, 0.05) is 42.5 Å². The molecule has 0 radical (unpaired) electrons. The number of methoxy groups -OCH3 is 1. The molecular weight excluding hydrogens is 390 g/mol. The van der Waals surface area contributed by atoms with E-state index in [1.807, 2.05) is 29.2 Å². The van der Waals surface area contributed by atoms with E-state index in [0.717, 1.165) is 24.3 Å². The molecule has 2 aliphatic heterocycles. The predicted molar refractivity (Wildman–Crippen MR) is 113 cm³/mol. The summed E-state index contributed by atoms with van der Waals surface area (Å²) in [7, 11) is 3.66. The van der Waals surface area contributed by atoms with E-state index in [9.17, 15) is 9.59 Å². The molecule has 6 nitrogen and oxygen atoms in total. The van der Waals surface area contributed by atoms with Crippen LogP contribution in [0.5, 0.6) is 5.75 Å². The Labute approximate surface area is 175 Å². The van der Waals surface area contributed by atoms with E-state index < -0.39 is 0 Å². The maximum absolute atomic E-state index is 13.2. The van der Waals surface area contributed by atoms with Crippen LogP contribution < -0.4 is 9.64 Å². The highest BCUT2D eigenvalue weighted by Gasteiger charge is 2.39. The fraction of sp³-hybridized carbons (Fsp3) is 0.364. The third kappa shape index (κ3) is 3.82. The molecule has 152 valence electrons. The number of rotatable bonds is 4. The van der Waals surface area contributed by atoms with Gasteiger partial charge in [0.05, 0.1) is 19.6 Å². The zero-order chi connectivity index (χ0) is 20.5. The van der Waals surface area contributed by atoms with Crippen LogP contribution in [0.1, 0.15) is 28.4 Å². The summed E-state index contributed by atoms with van der Waals surface area (Å²) < 4.78 is 5.23. The highest BCUT2D eigenvalue weighted by Crippen LogP contribution is 2.41. The highest BCUT2D eigenvalue weighted by atomic mass is 35.5. The second-order valence-corrected chi connectivity index (χ2v) is 7.95. The monoisotopic (exact) mass is 413 g/mol. The summed E-state index contributed by atoms with van der Waals surface area (Å²) in [4.78, 5) is 32.1. The highest BCUT2D eigenvalue weighted by molar-refractivity contribution is 6.31. The zero-order valence-electron chi connectivity index (χ0n) is 16.6. The zero-order valence-corrected chi connectivity index (χ0v) is 17.4. The van der Waals surface area contributed by atoms with Crippen LogP contribution in [0.3, 0.4) is 0 Å². The van der Waals surface area contributed by atoms with E-state index in [4.69, 9.17) is 16.3 Å². The Morgan fingerprint density at radius 2 is 1.79 bits per heavy atom. The number of hydrogen-bond donors (Lipinski definition) is 0. The van der Waals surface area contributed by atoms with Crippen molar-refractivity contribution < 1.29 is 14.3 Å². The third-order valence-corrected chi connectivity index (χ3v) is 5.94. The molecule has 2 aliphatic rings. The minimum atomic E-state index is -0.378. The lowest BCUT2D eigenvalue weighted by molar-refractivity contribution is -0.133. The lowest BCUT2D eigenvalue weighted by atomic mass is 10.0. The van der Waals surface area contributed by atoms with Gasteiger partial charge in [-0.25, -0.2) is 0 Å². The van der Waals surface area contributed by atoms with Gasteiger partial charge in [0.15, 0.2) is 0 Å². The van der Waals surface area contributed by atoms with E-state index in [1.54, 1.807) is 30.2 Å². The number of benzene rings is 2. The average molecular weight is 414 g/mol. The number of anilines is 1. The number of carbonyl (C=O) groups is 2. The van der Waals surface area contributed by atoms with Gasteiger partial charge in [-0.2, -0.15) is 0 Å². The Morgan fingerprint density at radius 3 is 2.45 bits per heavy atom. The molecule has 1 fully saturated rings. The van der Waals surface area contributed by atoms with Gasteiger partial charge in [-0.15, -0.1) is 0 Å². The van der Waals surface area contributed by atoms with Crippen molar-refractivity contribution in [2.24, 2.45) is 0 Å². The summed E-state index contributed by atoms with van der Waals surface area (Å²) in [6.45, 7) is 3.14. The first kappa shape index (κ1) is 19.7. The topological polar surface area (TPSA) is 53.1 Å². The van der Waals surface area contributed by atoms with Gasteiger partial charge in [0.1, 0.15) is 5.75 Å². The number of ether oxygens (including phenoxy) is 1. The molecule has 0 spiro atoms. The molecule has 0 bridgehead atoms. The van der Waals surface area contributed by atoms with Crippen LogP contribution in [0.25, 0.3) is 0 Å². The standard InChI is InChI=1S/C22H24ClN3O3/c1-24-9-11-25(12-10-24)21(27)14-20-19-13-15(23)3-8-18(19)22(28)26(20)16-4-6-17(29-2)7-5-16/h3-8,13,20H,9-12,14H2,1-2H3. The molecule has 2 aromatic carbocycles. The van der Waals surface area contributed by atoms with Crippen molar-refractivity contribution in [1.82, 2.24) is 9.80 Å². The number of fused-ring (bicyclic) bond motifs is 1. The number of carbonyl (C=O) groups excluding carboxylic acids is 2. The number of amides is 2. The van der Waals surface area contributed by atoms with Gasteiger partial charge in [0.2, 0.25) is 5.91 Å². The van der Waals surface area contributed by atoms with Gasteiger partial charge in [-0.1, -0.05) is 11.6 Å². The van der Waals surface area contributed by atoms with Crippen LogP contribution in [0.15, 0.2) is 42.5 Å². The minimum absolute atomic E-state index is 0.0576. The molecule has 1 unspecified atom stereocenters. The van der Waals surface area contributed by atoms with Crippen LogP contribution in [0.4, 0.5) is 5.69 Å². The smallest absolute Gasteiger partial charge is 0.259 e. The SMILES string of the molecule is COc1ccc(N2C(=O)c3ccc(Cl)cc3C2CC(=O)N2CCN(C)CC2)cc1. The maximum atomic E-state index is 13.2. The van der Waals surface area contributed by atoms with Crippen LogP contribution in [0.2, 0.25) is 5.02 Å².